The minimum atomic E-state index is -4.39. The summed E-state index contributed by atoms with van der Waals surface area (Å²) in [6, 6.07) is 10.6. The van der Waals surface area contributed by atoms with Crippen molar-refractivity contribution in [1.82, 2.24) is 14.1 Å². The molecule has 0 saturated heterocycles. The predicted molar refractivity (Wildman–Crippen MR) is 98.2 cm³/mol. The summed E-state index contributed by atoms with van der Waals surface area (Å²) in [7, 11) is 0. The third-order valence-corrected chi connectivity index (χ3v) is 4.47. The Hall–Kier alpha value is -3.16. The molecule has 0 saturated carbocycles. The number of carbonyl (C=O) groups is 1. The number of aromatic nitrogens is 3. The van der Waals surface area contributed by atoms with E-state index in [-0.39, 0.29) is 17.8 Å². The highest BCUT2D eigenvalue weighted by atomic mass is 19.4. The first kappa shape index (κ1) is 19.6. The highest BCUT2D eigenvalue weighted by Gasteiger charge is 2.30. The van der Waals surface area contributed by atoms with E-state index in [1.165, 1.54) is 30.7 Å². The smallest absolute Gasteiger partial charge is 0.339 e. The Balaban J connectivity index is 1.90. The number of nitrogens with zero attached hydrogens (tertiary/aromatic N) is 3. The van der Waals surface area contributed by atoms with E-state index in [1.807, 2.05) is 30.3 Å². The molecular formula is C20H18F3N3O2. The fraction of sp³-hybridized carbons (Fsp3) is 0.250. The Morgan fingerprint density at radius 3 is 2.46 bits per heavy atom. The molecule has 5 nitrogen and oxygen atoms in total. The monoisotopic (exact) mass is 389 g/mol. The van der Waals surface area contributed by atoms with Crippen LogP contribution < -0.4 is 5.56 Å². The molecular weight excluding hydrogens is 371 g/mol. The van der Waals surface area contributed by atoms with Gasteiger partial charge in [-0.15, -0.1) is 0 Å². The molecule has 0 atom stereocenters. The van der Waals surface area contributed by atoms with E-state index >= 15 is 0 Å². The molecule has 0 spiro atoms. The van der Waals surface area contributed by atoms with Crippen LogP contribution in [0.5, 0.6) is 0 Å². The second kappa shape index (κ2) is 7.46. The Morgan fingerprint density at radius 2 is 1.82 bits per heavy atom. The van der Waals surface area contributed by atoms with Crippen LogP contribution in [0, 0.1) is 13.8 Å². The van der Waals surface area contributed by atoms with Gasteiger partial charge in [0.15, 0.2) is 5.78 Å². The molecule has 0 unspecified atom stereocenters. The number of Topliss-reactive ketones (excluding diaryl/α,β-unsaturated/α-hetero) is 1. The molecule has 0 amide bonds. The Morgan fingerprint density at radius 1 is 1.14 bits per heavy atom. The van der Waals surface area contributed by atoms with Crippen LogP contribution in [0.3, 0.4) is 0 Å². The van der Waals surface area contributed by atoms with Gasteiger partial charge in [0.2, 0.25) is 0 Å². The fourth-order valence-electron chi connectivity index (χ4n) is 3.07. The van der Waals surface area contributed by atoms with Crippen molar-refractivity contribution < 1.29 is 18.0 Å². The van der Waals surface area contributed by atoms with Crippen LogP contribution in [0.1, 0.15) is 21.7 Å². The zero-order valence-corrected chi connectivity index (χ0v) is 15.3. The number of ketones is 1. The van der Waals surface area contributed by atoms with Crippen LogP contribution in [0.4, 0.5) is 13.2 Å². The maximum absolute atomic E-state index is 12.8. The normalized spacial score (nSPS) is 11.6. The molecule has 3 aromatic rings. The van der Waals surface area contributed by atoms with Crippen LogP contribution in [0.15, 0.2) is 53.6 Å². The van der Waals surface area contributed by atoms with Gasteiger partial charge in [-0.3, -0.25) is 9.59 Å². The zero-order chi connectivity index (χ0) is 20.5. The Labute approximate surface area is 159 Å². The van der Waals surface area contributed by atoms with Gasteiger partial charge in [0.25, 0.3) is 5.56 Å². The molecule has 28 heavy (non-hydrogen) atoms. The summed E-state index contributed by atoms with van der Waals surface area (Å²) in [4.78, 5) is 28.9. The standard InChI is InChI=1S/C20H18F3N3O2/c1-13-8-16(14(2)26(13)12-20(21,22)23)18(27)11-25-10-17(24-9-19(25)28)15-6-4-3-5-7-15/h3-10H,11-12H2,1-2H3. The molecule has 0 aliphatic rings. The van der Waals surface area contributed by atoms with Crippen LogP contribution in [-0.4, -0.2) is 26.1 Å². The second-order valence-electron chi connectivity index (χ2n) is 6.51. The topological polar surface area (TPSA) is 56.9 Å². The van der Waals surface area contributed by atoms with Gasteiger partial charge in [0.1, 0.15) is 6.54 Å². The number of hydrogen-bond acceptors (Lipinski definition) is 3. The average molecular weight is 389 g/mol. The van der Waals surface area contributed by atoms with Gasteiger partial charge in [-0.1, -0.05) is 30.3 Å². The fourth-order valence-corrected chi connectivity index (χ4v) is 3.07. The molecule has 0 radical (unpaired) electrons. The van der Waals surface area contributed by atoms with Crippen molar-refractivity contribution in [2.45, 2.75) is 33.1 Å². The summed E-state index contributed by atoms with van der Waals surface area (Å²) in [6.07, 6.45) is -1.78. The van der Waals surface area contributed by atoms with Crippen LogP contribution in [0.2, 0.25) is 0 Å². The van der Waals surface area contributed by atoms with Crippen molar-refractivity contribution in [2.75, 3.05) is 0 Å². The highest BCUT2D eigenvalue weighted by molar-refractivity contribution is 5.97. The lowest BCUT2D eigenvalue weighted by atomic mass is 10.1. The number of halogens is 3. The van der Waals surface area contributed by atoms with Gasteiger partial charge >= 0.3 is 6.18 Å². The molecule has 0 bridgehead atoms. The zero-order valence-electron chi connectivity index (χ0n) is 15.3. The summed E-state index contributed by atoms with van der Waals surface area (Å²) >= 11 is 0. The average Bonchev–Trinajstić information content (AvgIpc) is 2.91. The minimum Gasteiger partial charge on any atom is -0.339 e. The lowest BCUT2D eigenvalue weighted by Crippen LogP contribution is -2.24. The largest absolute Gasteiger partial charge is 0.406 e. The molecule has 8 heteroatoms. The van der Waals surface area contributed by atoms with Crippen molar-refractivity contribution in [3.05, 3.63) is 76.1 Å². The molecule has 3 rings (SSSR count). The maximum atomic E-state index is 12.8. The minimum absolute atomic E-state index is 0.173. The van der Waals surface area contributed by atoms with Crippen molar-refractivity contribution in [3.63, 3.8) is 0 Å². The van der Waals surface area contributed by atoms with Crippen molar-refractivity contribution in [3.8, 4) is 11.3 Å². The molecule has 0 N–H and O–H groups in total. The molecule has 2 aromatic heterocycles. The molecule has 2 heterocycles. The quantitative estimate of drug-likeness (QED) is 0.624. The number of rotatable bonds is 5. The second-order valence-corrected chi connectivity index (χ2v) is 6.51. The first-order valence-corrected chi connectivity index (χ1v) is 8.54. The van der Waals surface area contributed by atoms with Crippen LogP contribution >= 0.6 is 0 Å². The molecule has 0 fully saturated rings. The van der Waals surface area contributed by atoms with E-state index < -0.39 is 24.1 Å². The number of carbonyl (C=O) groups excluding carboxylic acids is 1. The number of alkyl halides is 3. The maximum Gasteiger partial charge on any atom is 0.406 e. The summed E-state index contributed by atoms with van der Waals surface area (Å²) in [6.45, 7) is 1.54. The van der Waals surface area contributed by atoms with Crippen molar-refractivity contribution >= 4 is 5.78 Å². The SMILES string of the molecule is Cc1cc(C(=O)Cn2cc(-c3ccccc3)ncc2=O)c(C)n1CC(F)(F)F. The van der Waals surface area contributed by atoms with E-state index in [9.17, 15) is 22.8 Å². The van der Waals surface area contributed by atoms with Crippen molar-refractivity contribution in [1.29, 1.82) is 0 Å². The number of benzene rings is 1. The number of aryl methyl sites for hydroxylation is 1. The number of hydrogen-bond donors (Lipinski definition) is 0. The highest BCUT2D eigenvalue weighted by Crippen LogP contribution is 2.23. The van der Waals surface area contributed by atoms with E-state index in [2.05, 4.69) is 4.98 Å². The van der Waals surface area contributed by atoms with Gasteiger partial charge in [-0.25, -0.2) is 4.98 Å². The van der Waals surface area contributed by atoms with Gasteiger partial charge in [-0.2, -0.15) is 13.2 Å². The Kier molecular flexibility index (Phi) is 5.22. The lowest BCUT2D eigenvalue weighted by Gasteiger charge is -2.12. The Bertz CT molecular complexity index is 1070. The van der Waals surface area contributed by atoms with Crippen LogP contribution in [-0.2, 0) is 13.1 Å². The van der Waals surface area contributed by atoms with Gasteiger partial charge in [0.05, 0.1) is 18.4 Å². The summed E-state index contributed by atoms with van der Waals surface area (Å²) in [5, 5.41) is 0. The van der Waals surface area contributed by atoms with E-state index in [0.717, 1.165) is 16.3 Å². The lowest BCUT2D eigenvalue weighted by molar-refractivity contribution is -0.141. The van der Waals surface area contributed by atoms with E-state index in [4.69, 9.17) is 0 Å². The van der Waals surface area contributed by atoms with Crippen molar-refractivity contribution in [2.24, 2.45) is 0 Å². The first-order valence-electron chi connectivity index (χ1n) is 8.54. The first-order chi connectivity index (χ1) is 13.2. The molecule has 0 aliphatic carbocycles. The van der Waals surface area contributed by atoms with Crippen LogP contribution in [0.25, 0.3) is 11.3 Å². The summed E-state index contributed by atoms with van der Waals surface area (Å²) in [5.74, 6) is -0.436. The summed E-state index contributed by atoms with van der Waals surface area (Å²) < 4.78 is 40.5. The molecule has 146 valence electrons. The van der Waals surface area contributed by atoms with Gasteiger partial charge < -0.3 is 9.13 Å². The molecule has 0 aliphatic heterocycles. The molecule has 1 aromatic carbocycles. The third-order valence-electron chi connectivity index (χ3n) is 4.47. The predicted octanol–water partition coefficient (Wildman–Crippen LogP) is 3.77. The van der Waals surface area contributed by atoms with E-state index in [1.54, 1.807) is 0 Å². The van der Waals surface area contributed by atoms with Gasteiger partial charge in [-0.05, 0) is 19.9 Å². The van der Waals surface area contributed by atoms with E-state index in [0.29, 0.717) is 11.4 Å². The van der Waals surface area contributed by atoms with Gasteiger partial charge in [0, 0.05) is 28.7 Å². The third kappa shape index (κ3) is 4.21. The summed E-state index contributed by atoms with van der Waals surface area (Å²) in [5.41, 5.74) is 1.59.